The lowest BCUT2D eigenvalue weighted by Gasteiger charge is -2.54. The SMILES string of the molecule is CNC(=O)[C@H]1COC2(CN1CC1CC1)CN(S(=O)(=O)C1CC1)C2. The number of nitrogens with one attached hydrogen (secondary N) is 1. The highest BCUT2D eigenvalue weighted by molar-refractivity contribution is 7.90. The number of nitrogens with zero attached hydrogens (tertiary/aromatic N) is 2. The molecule has 0 unspecified atom stereocenters. The van der Waals surface area contributed by atoms with Crippen molar-refractivity contribution in [1.82, 2.24) is 14.5 Å². The molecule has 0 aromatic heterocycles. The first kappa shape index (κ1) is 15.8. The van der Waals surface area contributed by atoms with Crippen LogP contribution < -0.4 is 5.32 Å². The topological polar surface area (TPSA) is 79.0 Å². The Labute approximate surface area is 137 Å². The Hall–Kier alpha value is -0.700. The second-order valence-corrected chi connectivity index (χ2v) is 9.72. The van der Waals surface area contributed by atoms with Crippen LogP contribution >= 0.6 is 0 Å². The summed E-state index contributed by atoms with van der Waals surface area (Å²) < 4.78 is 32.1. The summed E-state index contributed by atoms with van der Waals surface area (Å²) in [5, 5.41) is 2.55. The van der Waals surface area contributed by atoms with Crippen LogP contribution in [0, 0.1) is 5.92 Å². The van der Waals surface area contributed by atoms with E-state index in [-0.39, 0.29) is 17.2 Å². The van der Waals surface area contributed by atoms with Crippen molar-refractivity contribution in [3.63, 3.8) is 0 Å². The first-order valence-electron chi connectivity index (χ1n) is 8.52. The van der Waals surface area contributed by atoms with E-state index in [1.165, 1.54) is 12.8 Å². The van der Waals surface area contributed by atoms with E-state index >= 15 is 0 Å². The van der Waals surface area contributed by atoms with Crippen molar-refractivity contribution in [3.8, 4) is 0 Å². The lowest BCUT2D eigenvalue weighted by molar-refractivity contribution is -0.185. The largest absolute Gasteiger partial charge is 0.369 e. The molecule has 1 amide bonds. The molecule has 130 valence electrons. The minimum Gasteiger partial charge on any atom is -0.369 e. The lowest BCUT2D eigenvalue weighted by Crippen LogP contribution is -2.73. The van der Waals surface area contributed by atoms with Crippen LogP contribution in [-0.4, -0.2) is 80.3 Å². The number of carbonyl (C=O) groups is 1. The maximum atomic E-state index is 12.3. The predicted octanol–water partition coefficient (Wildman–Crippen LogP) is -0.610. The van der Waals surface area contributed by atoms with E-state index in [4.69, 9.17) is 4.74 Å². The number of carbonyl (C=O) groups excluding carboxylic acids is 1. The van der Waals surface area contributed by atoms with Crippen molar-refractivity contribution < 1.29 is 17.9 Å². The quantitative estimate of drug-likeness (QED) is 0.720. The number of likely N-dealkylation sites (N-methyl/N-ethyl adjacent to an activating group) is 1. The third-order valence-corrected chi connectivity index (χ3v) is 7.74. The van der Waals surface area contributed by atoms with Gasteiger partial charge in [-0.1, -0.05) is 0 Å². The van der Waals surface area contributed by atoms with E-state index < -0.39 is 15.6 Å². The Morgan fingerprint density at radius 1 is 1.22 bits per heavy atom. The summed E-state index contributed by atoms with van der Waals surface area (Å²) in [5.74, 6) is 0.672. The van der Waals surface area contributed by atoms with Gasteiger partial charge in [0.05, 0.1) is 11.9 Å². The second-order valence-electron chi connectivity index (χ2n) is 7.51. The molecule has 2 saturated carbocycles. The Balaban J connectivity index is 1.42. The summed E-state index contributed by atoms with van der Waals surface area (Å²) >= 11 is 0. The maximum Gasteiger partial charge on any atom is 0.239 e. The summed E-state index contributed by atoms with van der Waals surface area (Å²) in [5.41, 5.74) is -0.415. The highest BCUT2D eigenvalue weighted by Crippen LogP contribution is 2.40. The zero-order chi connectivity index (χ0) is 16.2. The molecular formula is C15H25N3O4S. The van der Waals surface area contributed by atoms with Crippen molar-refractivity contribution in [1.29, 1.82) is 0 Å². The number of rotatable bonds is 5. The van der Waals surface area contributed by atoms with Crippen molar-refractivity contribution in [2.24, 2.45) is 5.92 Å². The Kier molecular flexibility index (Phi) is 3.71. The molecule has 1 atom stereocenters. The van der Waals surface area contributed by atoms with E-state index in [9.17, 15) is 13.2 Å². The van der Waals surface area contributed by atoms with E-state index in [1.54, 1.807) is 11.4 Å². The van der Waals surface area contributed by atoms with Gasteiger partial charge in [0, 0.05) is 33.2 Å². The van der Waals surface area contributed by atoms with Crippen LogP contribution in [0.5, 0.6) is 0 Å². The third-order valence-electron chi connectivity index (χ3n) is 5.45. The van der Waals surface area contributed by atoms with E-state index in [0.717, 1.165) is 19.4 Å². The summed E-state index contributed by atoms with van der Waals surface area (Å²) in [6, 6.07) is -0.250. The molecule has 0 bridgehead atoms. The van der Waals surface area contributed by atoms with Crippen LogP contribution in [0.1, 0.15) is 25.7 Å². The first-order valence-corrected chi connectivity index (χ1v) is 10.0. The fraction of sp³-hybridized carbons (Fsp3) is 0.933. The van der Waals surface area contributed by atoms with Crippen LogP contribution in [0.3, 0.4) is 0 Å². The van der Waals surface area contributed by atoms with Crippen molar-refractivity contribution in [3.05, 3.63) is 0 Å². The summed E-state index contributed by atoms with van der Waals surface area (Å²) in [7, 11) is -1.46. The van der Waals surface area contributed by atoms with Gasteiger partial charge in [-0.2, -0.15) is 4.31 Å². The van der Waals surface area contributed by atoms with Crippen LogP contribution in [0.2, 0.25) is 0 Å². The molecule has 1 spiro atoms. The van der Waals surface area contributed by atoms with Crippen molar-refractivity contribution in [2.45, 2.75) is 42.6 Å². The van der Waals surface area contributed by atoms with Gasteiger partial charge in [0.25, 0.3) is 0 Å². The van der Waals surface area contributed by atoms with Gasteiger partial charge in [-0.05, 0) is 31.6 Å². The molecule has 4 rings (SSSR count). The predicted molar refractivity (Wildman–Crippen MR) is 84.3 cm³/mol. The fourth-order valence-corrected chi connectivity index (χ4v) is 5.65. The molecule has 2 heterocycles. The molecule has 4 aliphatic rings. The zero-order valence-electron chi connectivity index (χ0n) is 13.5. The molecule has 8 heteroatoms. The van der Waals surface area contributed by atoms with Crippen molar-refractivity contribution >= 4 is 15.9 Å². The number of hydrogen-bond acceptors (Lipinski definition) is 5. The zero-order valence-corrected chi connectivity index (χ0v) is 14.3. The average Bonchev–Trinajstić information content (AvgIpc) is 3.35. The minimum atomic E-state index is -3.11. The van der Waals surface area contributed by atoms with Gasteiger partial charge in [0.2, 0.25) is 15.9 Å². The smallest absolute Gasteiger partial charge is 0.239 e. The highest BCUT2D eigenvalue weighted by Gasteiger charge is 2.56. The van der Waals surface area contributed by atoms with Gasteiger partial charge >= 0.3 is 0 Å². The standard InChI is InChI=1S/C15H25N3O4S/c1-16-14(19)13-7-22-15(8-17(13)6-11-2-3-11)9-18(10-15)23(20,21)12-4-5-12/h11-13H,2-10H2,1H3,(H,16,19)/t13-/m1/s1. The van der Waals surface area contributed by atoms with Gasteiger partial charge in [0.1, 0.15) is 11.6 Å². The van der Waals surface area contributed by atoms with Crippen LogP contribution in [-0.2, 0) is 19.6 Å². The molecule has 1 N–H and O–H groups in total. The number of amides is 1. The number of sulfonamides is 1. The highest BCUT2D eigenvalue weighted by atomic mass is 32.2. The minimum absolute atomic E-state index is 0.0118. The Bertz CT molecular complexity index is 594. The normalized spacial score (nSPS) is 31.8. The van der Waals surface area contributed by atoms with Gasteiger partial charge in [-0.15, -0.1) is 0 Å². The molecule has 4 fully saturated rings. The molecule has 0 aromatic rings. The summed E-state index contributed by atoms with van der Waals surface area (Å²) in [6.45, 7) is 2.79. The summed E-state index contributed by atoms with van der Waals surface area (Å²) in [6.07, 6.45) is 4.04. The molecule has 23 heavy (non-hydrogen) atoms. The van der Waals surface area contributed by atoms with Gasteiger partial charge < -0.3 is 10.1 Å². The summed E-state index contributed by atoms with van der Waals surface area (Å²) in [4.78, 5) is 14.3. The van der Waals surface area contributed by atoms with E-state index in [1.807, 2.05) is 0 Å². The van der Waals surface area contributed by atoms with Crippen molar-refractivity contribution in [2.75, 3.05) is 39.8 Å². The second kappa shape index (κ2) is 5.40. The maximum absolute atomic E-state index is 12.3. The Morgan fingerprint density at radius 3 is 2.48 bits per heavy atom. The average molecular weight is 343 g/mol. The van der Waals surface area contributed by atoms with Gasteiger partial charge in [-0.25, -0.2) is 8.42 Å². The first-order chi connectivity index (χ1) is 10.9. The lowest BCUT2D eigenvalue weighted by atomic mass is 9.92. The molecule has 2 aliphatic heterocycles. The number of hydrogen-bond donors (Lipinski definition) is 1. The molecule has 7 nitrogen and oxygen atoms in total. The number of ether oxygens (including phenoxy) is 1. The fourth-order valence-electron chi connectivity index (χ4n) is 3.66. The number of morpholine rings is 1. The van der Waals surface area contributed by atoms with E-state index in [2.05, 4.69) is 10.2 Å². The molecule has 0 radical (unpaired) electrons. The monoisotopic (exact) mass is 343 g/mol. The molecule has 2 aliphatic carbocycles. The molecule has 2 saturated heterocycles. The Morgan fingerprint density at radius 2 is 1.91 bits per heavy atom. The van der Waals surface area contributed by atoms with Crippen LogP contribution in [0.4, 0.5) is 0 Å². The van der Waals surface area contributed by atoms with Gasteiger partial charge in [-0.3, -0.25) is 9.69 Å². The van der Waals surface area contributed by atoms with Crippen LogP contribution in [0.25, 0.3) is 0 Å². The molecular weight excluding hydrogens is 318 g/mol. The van der Waals surface area contributed by atoms with Crippen LogP contribution in [0.15, 0.2) is 0 Å². The van der Waals surface area contributed by atoms with Gasteiger partial charge in [0.15, 0.2) is 0 Å². The van der Waals surface area contributed by atoms with E-state index in [0.29, 0.717) is 32.2 Å². The molecule has 0 aromatic carbocycles. The third kappa shape index (κ3) is 2.90.